The van der Waals surface area contributed by atoms with Crippen LogP contribution in [0, 0.1) is 0 Å². The van der Waals surface area contributed by atoms with Gasteiger partial charge in [0, 0.05) is 21.3 Å². The molecule has 0 fully saturated rings. The van der Waals surface area contributed by atoms with E-state index in [0.717, 1.165) is 10.2 Å². The second-order valence-corrected chi connectivity index (χ2v) is 4.24. The zero-order valence-corrected chi connectivity index (χ0v) is 10.7. The minimum absolute atomic E-state index is 0.366. The lowest BCUT2D eigenvalue weighted by molar-refractivity contribution is -0.197. The zero-order chi connectivity index (χ0) is 10.3. The highest BCUT2D eigenvalue weighted by atomic mass is 28.1. The summed E-state index contributed by atoms with van der Waals surface area (Å²) in [4.78, 5) is 0. The van der Waals surface area contributed by atoms with Gasteiger partial charge in [0.25, 0.3) is 0 Å². The van der Waals surface area contributed by atoms with Crippen molar-refractivity contribution in [1.29, 1.82) is 0 Å². The van der Waals surface area contributed by atoms with Crippen LogP contribution in [-0.2, 0) is 18.9 Å². The maximum atomic E-state index is 5.21. The molecule has 0 radical (unpaired) electrons. The summed E-state index contributed by atoms with van der Waals surface area (Å²) in [5, 5.41) is 0. The van der Waals surface area contributed by atoms with Crippen LogP contribution in [-0.4, -0.2) is 43.3 Å². The highest BCUT2D eigenvalue weighted by Gasteiger charge is 2.27. The molecular weight excluding hydrogens is 188 g/mol. The van der Waals surface area contributed by atoms with Crippen molar-refractivity contribution in [1.82, 2.24) is 0 Å². The Hall–Kier alpha value is -0.363. The van der Waals surface area contributed by atoms with Crippen molar-refractivity contribution in [2.75, 3.05) is 21.3 Å². The fraction of sp³-hybridized carbons (Fsp3) is 0.750. The molecule has 0 rings (SSSR count). The van der Waals surface area contributed by atoms with E-state index < -0.39 is 5.41 Å². The molecule has 0 aromatic heterocycles. The summed E-state index contributed by atoms with van der Waals surface area (Å²) in [5.41, 5.74) is -0.552. The predicted molar refractivity (Wildman–Crippen MR) is 53.4 cm³/mol. The summed E-state index contributed by atoms with van der Waals surface area (Å²) in [6.45, 7) is 3.46. The summed E-state index contributed by atoms with van der Waals surface area (Å²) in [6.07, 6.45) is 1.52. The smallest absolute Gasteiger partial charge is 0.203 e. The molecule has 1 atom stereocenters. The summed E-state index contributed by atoms with van der Waals surface area (Å²) >= 11 is 0. The molecule has 5 heteroatoms. The maximum Gasteiger partial charge on any atom is 0.203 e. The molecule has 0 spiro atoms. The first-order valence-electron chi connectivity index (χ1n) is 4.01. The molecule has 0 aliphatic rings. The lowest BCUT2D eigenvalue weighted by Gasteiger charge is -2.29. The normalized spacial score (nSPS) is 14.1. The Morgan fingerprint density at radius 2 is 1.92 bits per heavy atom. The molecule has 13 heavy (non-hydrogen) atoms. The van der Waals surface area contributed by atoms with Crippen molar-refractivity contribution in [2.24, 2.45) is 0 Å². The van der Waals surface area contributed by atoms with Crippen molar-refractivity contribution in [3.8, 4) is 0 Å². The number of rotatable bonds is 7. The third kappa shape index (κ3) is 4.42. The first-order valence-corrected chi connectivity index (χ1v) is 5.01. The quantitative estimate of drug-likeness (QED) is 0.329. The molecule has 4 nitrogen and oxygen atoms in total. The van der Waals surface area contributed by atoms with Gasteiger partial charge in [-0.15, -0.1) is 0 Å². The highest BCUT2D eigenvalue weighted by Crippen LogP contribution is 2.16. The third-order valence-electron chi connectivity index (χ3n) is 1.91. The molecule has 0 saturated heterocycles. The lowest BCUT2D eigenvalue weighted by atomic mass is 10.4. The van der Waals surface area contributed by atoms with E-state index in [1.54, 1.807) is 21.3 Å². The van der Waals surface area contributed by atoms with Gasteiger partial charge in [-0.2, -0.15) is 0 Å². The van der Waals surface area contributed by atoms with E-state index in [1.165, 1.54) is 6.26 Å². The summed E-state index contributed by atoms with van der Waals surface area (Å²) in [5.74, 6) is 0. The first kappa shape index (κ1) is 12.6. The van der Waals surface area contributed by atoms with Crippen LogP contribution in [0.1, 0.15) is 6.42 Å². The number of hydrogen-bond acceptors (Lipinski definition) is 4. The van der Waals surface area contributed by atoms with Crippen LogP contribution in [0.3, 0.4) is 0 Å². The molecule has 78 valence electrons. The van der Waals surface area contributed by atoms with E-state index in [1.807, 2.05) is 0 Å². The minimum Gasteiger partial charge on any atom is -0.473 e. The van der Waals surface area contributed by atoms with Crippen LogP contribution in [0.5, 0.6) is 0 Å². The van der Waals surface area contributed by atoms with Gasteiger partial charge >= 0.3 is 0 Å². The molecule has 0 aromatic carbocycles. The Balaban J connectivity index is 4.09. The standard InChI is InChI=1S/C8H18O4Si/c1-5-12-7(9-2)6-8(13,10-3)11-4/h5,7H,1,6H2,2-4,13H3. The van der Waals surface area contributed by atoms with E-state index in [0.29, 0.717) is 6.42 Å². The van der Waals surface area contributed by atoms with Crippen molar-refractivity contribution in [2.45, 2.75) is 18.1 Å². The van der Waals surface area contributed by atoms with E-state index in [9.17, 15) is 0 Å². The van der Waals surface area contributed by atoms with Crippen molar-refractivity contribution >= 4 is 10.2 Å². The van der Waals surface area contributed by atoms with E-state index >= 15 is 0 Å². The van der Waals surface area contributed by atoms with Gasteiger partial charge < -0.3 is 18.9 Å². The number of hydrogen-bond donors (Lipinski definition) is 0. The van der Waals surface area contributed by atoms with Crippen molar-refractivity contribution < 1.29 is 18.9 Å². The SMILES string of the molecule is C=COC(CC([SiH3])(OC)OC)OC. The molecule has 1 unspecified atom stereocenters. The molecule has 0 amide bonds. The second kappa shape index (κ2) is 6.15. The van der Waals surface area contributed by atoms with Gasteiger partial charge in [0.1, 0.15) is 5.41 Å². The van der Waals surface area contributed by atoms with Gasteiger partial charge in [0.15, 0.2) is 0 Å². The average molecular weight is 206 g/mol. The fourth-order valence-corrected chi connectivity index (χ4v) is 1.18. The molecule has 0 aromatic rings. The van der Waals surface area contributed by atoms with Crippen LogP contribution in [0.4, 0.5) is 0 Å². The van der Waals surface area contributed by atoms with Crippen molar-refractivity contribution in [3.63, 3.8) is 0 Å². The monoisotopic (exact) mass is 206 g/mol. The van der Waals surface area contributed by atoms with Gasteiger partial charge in [0.2, 0.25) is 6.29 Å². The van der Waals surface area contributed by atoms with Crippen LogP contribution < -0.4 is 0 Å². The molecular formula is C8H18O4Si. The molecule has 0 N–H and O–H groups in total. The van der Waals surface area contributed by atoms with Crippen LogP contribution in [0.25, 0.3) is 0 Å². The van der Waals surface area contributed by atoms with Gasteiger partial charge in [-0.1, -0.05) is 6.58 Å². The van der Waals surface area contributed by atoms with E-state index in [4.69, 9.17) is 18.9 Å². The summed E-state index contributed by atoms with van der Waals surface area (Å²) < 4.78 is 20.6. The highest BCUT2D eigenvalue weighted by molar-refractivity contribution is 6.13. The van der Waals surface area contributed by atoms with Gasteiger partial charge in [0.05, 0.1) is 22.9 Å². The molecule has 0 saturated carbocycles. The van der Waals surface area contributed by atoms with Gasteiger partial charge in [-0.25, -0.2) is 0 Å². The van der Waals surface area contributed by atoms with Crippen molar-refractivity contribution in [3.05, 3.63) is 12.8 Å². The third-order valence-corrected chi connectivity index (χ3v) is 3.14. The Morgan fingerprint density at radius 3 is 2.23 bits per heavy atom. The molecule has 0 heterocycles. The Kier molecular flexibility index (Phi) is 5.97. The topological polar surface area (TPSA) is 36.9 Å². The van der Waals surface area contributed by atoms with Crippen LogP contribution in [0.2, 0.25) is 0 Å². The zero-order valence-electron chi connectivity index (χ0n) is 8.70. The van der Waals surface area contributed by atoms with Crippen LogP contribution >= 0.6 is 0 Å². The van der Waals surface area contributed by atoms with E-state index in [-0.39, 0.29) is 6.29 Å². The molecule has 0 aliphatic heterocycles. The lowest BCUT2D eigenvalue weighted by Crippen LogP contribution is -2.39. The van der Waals surface area contributed by atoms with Gasteiger partial charge in [-0.05, 0) is 0 Å². The summed E-state index contributed by atoms with van der Waals surface area (Å²) in [6, 6.07) is 0. The Morgan fingerprint density at radius 1 is 1.38 bits per heavy atom. The summed E-state index contributed by atoms with van der Waals surface area (Å²) in [7, 11) is 5.53. The average Bonchev–Trinajstić information content (AvgIpc) is 2.17. The predicted octanol–water partition coefficient (Wildman–Crippen LogP) is -0.179. The Bertz CT molecular complexity index is 147. The number of ether oxygens (including phenoxy) is 4. The largest absolute Gasteiger partial charge is 0.473 e. The van der Waals surface area contributed by atoms with Gasteiger partial charge in [-0.3, -0.25) is 0 Å². The first-order chi connectivity index (χ1) is 6.11. The Labute approximate surface area is 82.2 Å². The molecule has 0 aliphatic carbocycles. The second-order valence-electron chi connectivity index (χ2n) is 2.71. The fourth-order valence-electron chi connectivity index (χ4n) is 0.847. The number of methoxy groups -OCH3 is 3. The molecule has 0 bridgehead atoms. The van der Waals surface area contributed by atoms with E-state index in [2.05, 4.69) is 6.58 Å². The maximum absolute atomic E-state index is 5.21. The minimum atomic E-state index is -0.552. The van der Waals surface area contributed by atoms with Crippen LogP contribution in [0.15, 0.2) is 12.8 Å².